The van der Waals surface area contributed by atoms with E-state index in [-0.39, 0.29) is 5.41 Å². The Balaban J connectivity index is 1.13. The molecule has 2 heterocycles. The number of aromatic nitrogens is 2. The molecule has 0 aliphatic heterocycles. The van der Waals surface area contributed by atoms with E-state index < -0.39 is 0 Å². The van der Waals surface area contributed by atoms with Gasteiger partial charge in [0.15, 0.2) is 5.82 Å². The molecule has 56 heavy (non-hydrogen) atoms. The van der Waals surface area contributed by atoms with E-state index in [1.54, 1.807) is 0 Å². The zero-order valence-electron chi connectivity index (χ0n) is 31.1. The normalized spacial score (nSPS) is 13.0. The molecule has 3 heteroatoms. The highest BCUT2D eigenvalue weighted by atomic mass is 16.3. The molecule has 0 saturated carbocycles. The van der Waals surface area contributed by atoms with Crippen molar-refractivity contribution in [2.24, 2.45) is 0 Å². The largest absolute Gasteiger partial charge is 0.456 e. The van der Waals surface area contributed by atoms with Crippen molar-refractivity contribution < 1.29 is 4.42 Å². The van der Waals surface area contributed by atoms with Crippen LogP contribution in [0.4, 0.5) is 0 Å². The quantitative estimate of drug-likeness (QED) is 0.178. The Labute approximate surface area is 325 Å². The first-order valence-electron chi connectivity index (χ1n) is 19.2. The lowest BCUT2D eigenvalue weighted by molar-refractivity contribution is 0.660. The summed E-state index contributed by atoms with van der Waals surface area (Å²) in [5.41, 5.74) is 16.3. The first-order valence-corrected chi connectivity index (χ1v) is 19.2. The number of para-hydroxylation sites is 1. The standard InChI is InChI=1S/C53H36N2O/c1-53(2)46-18-10-8-16-42(46)44-31-38(22-24-47(44)53)48-32-49(55-52(54-48)34-13-4-3-5-14-34)41-28-39(36-21-20-33-12-6-7-15-35(33)26-36)27-40(29-41)37-23-25-51-45(30-37)43-17-9-11-19-50(43)56-51/h3-32H,1-2H3. The highest BCUT2D eigenvalue weighted by Crippen LogP contribution is 2.49. The molecule has 0 radical (unpaired) electrons. The van der Waals surface area contributed by atoms with Crippen molar-refractivity contribution in [3.05, 3.63) is 193 Å². The van der Waals surface area contributed by atoms with Gasteiger partial charge in [0.2, 0.25) is 0 Å². The first-order chi connectivity index (χ1) is 27.5. The van der Waals surface area contributed by atoms with Crippen LogP contribution in [0.5, 0.6) is 0 Å². The number of hydrogen-bond donors (Lipinski definition) is 0. The van der Waals surface area contributed by atoms with Crippen LogP contribution in [-0.2, 0) is 5.41 Å². The molecule has 0 atom stereocenters. The molecule has 0 fully saturated rings. The third kappa shape index (κ3) is 5.27. The fourth-order valence-electron chi connectivity index (χ4n) is 8.72. The van der Waals surface area contributed by atoms with E-state index >= 15 is 0 Å². The maximum Gasteiger partial charge on any atom is 0.160 e. The van der Waals surface area contributed by atoms with Crippen LogP contribution in [0.2, 0.25) is 0 Å². The van der Waals surface area contributed by atoms with Crippen LogP contribution < -0.4 is 0 Å². The molecule has 0 bridgehead atoms. The number of fused-ring (bicyclic) bond motifs is 7. The SMILES string of the molecule is CC1(C)c2ccccc2-c2cc(-c3cc(-c4cc(-c5ccc6ccccc6c5)cc(-c5ccc6oc7ccccc7c6c5)c4)nc(-c4ccccc4)n3)ccc21. The summed E-state index contributed by atoms with van der Waals surface area (Å²) in [4.78, 5) is 10.6. The monoisotopic (exact) mass is 716 g/mol. The summed E-state index contributed by atoms with van der Waals surface area (Å²) < 4.78 is 6.22. The van der Waals surface area contributed by atoms with Gasteiger partial charge in [-0.3, -0.25) is 0 Å². The Hall–Kier alpha value is -7.10. The van der Waals surface area contributed by atoms with Crippen LogP contribution in [0.3, 0.4) is 0 Å². The van der Waals surface area contributed by atoms with Crippen molar-refractivity contribution in [1.29, 1.82) is 0 Å². The van der Waals surface area contributed by atoms with Crippen molar-refractivity contribution in [3.63, 3.8) is 0 Å². The van der Waals surface area contributed by atoms with E-state index in [4.69, 9.17) is 14.4 Å². The molecular formula is C53H36N2O. The predicted octanol–water partition coefficient (Wildman–Crippen LogP) is 14.2. The summed E-state index contributed by atoms with van der Waals surface area (Å²) in [5, 5.41) is 4.65. The summed E-state index contributed by atoms with van der Waals surface area (Å²) in [6.45, 7) is 4.64. The van der Waals surface area contributed by atoms with Gasteiger partial charge in [0.05, 0.1) is 11.4 Å². The summed E-state index contributed by atoms with van der Waals surface area (Å²) >= 11 is 0. The number of benzene rings is 8. The molecule has 0 unspecified atom stereocenters. The third-order valence-corrected chi connectivity index (χ3v) is 11.7. The van der Waals surface area contributed by atoms with Gasteiger partial charge < -0.3 is 4.42 Å². The molecule has 2 aromatic heterocycles. The molecule has 1 aliphatic carbocycles. The summed E-state index contributed by atoms with van der Waals surface area (Å²) in [6.07, 6.45) is 0. The Morgan fingerprint density at radius 2 is 1.00 bits per heavy atom. The minimum atomic E-state index is -0.0676. The number of furan rings is 1. The molecule has 10 aromatic rings. The molecule has 11 rings (SSSR count). The Kier molecular flexibility index (Phi) is 7.20. The average Bonchev–Trinajstić information content (AvgIpc) is 3.74. The molecule has 0 N–H and O–H groups in total. The van der Waals surface area contributed by atoms with Crippen LogP contribution in [0.15, 0.2) is 186 Å². The van der Waals surface area contributed by atoms with Crippen LogP contribution in [0.1, 0.15) is 25.0 Å². The minimum absolute atomic E-state index is 0.0676. The van der Waals surface area contributed by atoms with Crippen molar-refractivity contribution in [1.82, 2.24) is 9.97 Å². The van der Waals surface area contributed by atoms with Crippen LogP contribution >= 0.6 is 0 Å². The number of hydrogen-bond acceptors (Lipinski definition) is 3. The van der Waals surface area contributed by atoms with E-state index in [1.165, 1.54) is 33.0 Å². The van der Waals surface area contributed by atoms with Crippen LogP contribution in [0.25, 0.3) is 100.0 Å². The van der Waals surface area contributed by atoms with E-state index in [0.717, 1.165) is 72.3 Å². The third-order valence-electron chi connectivity index (χ3n) is 11.7. The molecule has 0 spiro atoms. The average molecular weight is 717 g/mol. The number of rotatable bonds is 5. The fourth-order valence-corrected chi connectivity index (χ4v) is 8.72. The topological polar surface area (TPSA) is 38.9 Å². The highest BCUT2D eigenvalue weighted by molar-refractivity contribution is 6.06. The first kappa shape index (κ1) is 32.3. The van der Waals surface area contributed by atoms with Gasteiger partial charge in [-0.05, 0) is 110 Å². The van der Waals surface area contributed by atoms with Gasteiger partial charge in [-0.15, -0.1) is 0 Å². The Morgan fingerprint density at radius 1 is 0.375 bits per heavy atom. The van der Waals surface area contributed by atoms with Gasteiger partial charge in [0.25, 0.3) is 0 Å². The molecule has 0 saturated heterocycles. The van der Waals surface area contributed by atoms with E-state index in [0.29, 0.717) is 5.82 Å². The molecule has 264 valence electrons. The Bertz CT molecular complexity index is 3170. The maximum atomic E-state index is 6.22. The van der Waals surface area contributed by atoms with E-state index in [2.05, 4.69) is 166 Å². The zero-order valence-corrected chi connectivity index (χ0v) is 31.1. The van der Waals surface area contributed by atoms with Crippen molar-refractivity contribution in [2.45, 2.75) is 19.3 Å². The zero-order chi connectivity index (χ0) is 37.4. The maximum absolute atomic E-state index is 6.22. The van der Waals surface area contributed by atoms with E-state index in [1.807, 2.05) is 30.3 Å². The van der Waals surface area contributed by atoms with E-state index in [9.17, 15) is 0 Å². The predicted molar refractivity (Wildman–Crippen MR) is 232 cm³/mol. The van der Waals surface area contributed by atoms with Gasteiger partial charge in [0, 0.05) is 32.9 Å². The lowest BCUT2D eigenvalue weighted by Gasteiger charge is -2.21. The summed E-state index contributed by atoms with van der Waals surface area (Å²) in [7, 11) is 0. The number of nitrogens with zero attached hydrogens (tertiary/aromatic N) is 2. The second-order valence-corrected chi connectivity index (χ2v) is 15.4. The fraction of sp³-hybridized carbons (Fsp3) is 0.0566. The second kappa shape index (κ2) is 12.5. The second-order valence-electron chi connectivity index (χ2n) is 15.4. The van der Waals surface area contributed by atoms with Crippen molar-refractivity contribution >= 4 is 32.7 Å². The van der Waals surface area contributed by atoms with Crippen LogP contribution in [-0.4, -0.2) is 9.97 Å². The van der Waals surface area contributed by atoms with Gasteiger partial charge >= 0.3 is 0 Å². The molecule has 8 aromatic carbocycles. The molecule has 1 aliphatic rings. The lowest BCUT2D eigenvalue weighted by atomic mass is 9.82. The highest BCUT2D eigenvalue weighted by Gasteiger charge is 2.35. The summed E-state index contributed by atoms with van der Waals surface area (Å²) in [6, 6.07) is 65.0. The van der Waals surface area contributed by atoms with Crippen molar-refractivity contribution in [2.75, 3.05) is 0 Å². The smallest absolute Gasteiger partial charge is 0.160 e. The van der Waals surface area contributed by atoms with Crippen LogP contribution in [0, 0.1) is 0 Å². The molecular weight excluding hydrogens is 681 g/mol. The Morgan fingerprint density at radius 3 is 1.86 bits per heavy atom. The lowest BCUT2D eigenvalue weighted by Crippen LogP contribution is -2.14. The van der Waals surface area contributed by atoms with Gasteiger partial charge in [-0.1, -0.05) is 141 Å². The van der Waals surface area contributed by atoms with Gasteiger partial charge in [0.1, 0.15) is 11.2 Å². The molecule has 3 nitrogen and oxygen atoms in total. The molecule has 0 amide bonds. The van der Waals surface area contributed by atoms with Crippen molar-refractivity contribution in [3.8, 4) is 67.3 Å². The summed E-state index contributed by atoms with van der Waals surface area (Å²) in [5.74, 6) is 0.697. The van der Waals surface area contributed by atoms with Gasteiger partial charge in [-0.25, -0.2) is 9.97 Å². The minimum Gasteiger partial charge on any atom is -0.456 e. The van der Waals surface area contributed by atoms with Gasteiger partial charge in [-0.2, -0.15) is 0 Å².